The van der Waals surface area contributed by atoms with E-state index in [9.17, 15) is 4.79 Å². The van der Waals surface area contributed by atoms with Gasteiger partial charge in [-0.1, -0.05) is 0 Å². The van der Waals surface area contributed by atoms with E-state index in [1.54, 1.807) is 0 Å². The van der Waals surface area contributed by atoms with Crippen LogP contribution in [0.4, 0.5) is 5.69 Å². The number of aryl methyl sites for hydroxylation is 2. The molecule has 0 radical (unpaired) electrons. The Morgan fingerprint density at radius 1 is 1.56 bits per heavy atom. The molecule has 0 bridgehead atoms. The lowest BCUT2D eigenvalue weighted by Crippen LogP contribution is -2.22. The molecule has 0 saturated heterocycles. The van der Waals surface area contributed by atoms with E-state index in [-0.39, 0.29) is 5.91 Å². The maximum atomic E-state index is 11.9. The Kier molecular flexibility index (Phi) is 2.70. The molecule has 2 aromatic rings. The maximum Gasteiger partial charge on any atom is 0.263 e. The first-order chi connectivity index (χ1) is 8.70. The van der Waals surface area contributed by atoms with Gasteiger partial charge in [0.2, 0.25) is 0 Å². The number of aromatic nitrogens is 1. The number of anilines is 1. The van der Waals surface area contributed by atoms with Gasteiger partial charge in [-0.25, -0.2) is 4.98 Å². The van der Waals surface area contributed by atoms with E-state index in [0.29, 0.717) is 17.1 Å². The molecule has 2 heterocycles. The Hall–Kier alpha value is -1.62. The van der Waals surface area contributed by atoms with Crippen LogP contribution in [0.1, 0.15) is 34.3 Å². The molecule has 0 aromatic carbocycles. The van der Waals surface area contributed by atoms with Gasteiger partial charge in [0.1, 0.15) is 9.71 Å². The van der Waals surface area contributed by atoms with Crippen LogP contribution in [-0.2, 0) is 12.8 Å². The lowest BCUT2D eigenvalue weighted by Gasteiger charge is -2.00. The van der Waals surface area contributed by atoms with Crippen molar-refractivity contribution in [3.8, 4) is 0 Å². The second-order valence-corrected chi connectivity index (χ2v) is 5.50. The maximum absolute atomic E-state index is 11.9. The fraction of sp³-hybridized carbons (Fsp3) is 0.385. The van der Waals surface area contributed by atoms with Gasteiger partial charge in [-0.05, 0) is 37.8 Å². The number of thiophene rings is 1. The molecule has 2 aromatic heterocycles. The highest BCUT2D eigenvalue weighted by Crippen LogP contribution is 2.35. The Bertz CT molecular complexity index is 633. The summed E-state index contributed by atoms with van der Waals surface area (Å²) in [5.41, 5.74) is 9.11. The van der Waals surface area contributed by atoms with Gasteiger partial charge in [0.05, 0.1) is 5.69 Å². The molecule has 0 fully saturated rings. The van der Waals surface area contributed by atoms with Gasteiger partial charge >= 0.3 is 0 Å². The number of hydrogen-bond acceptors (Lipinski definition) is 4. The number of carbonyl (C=O) groups is 1. The fourth-order valence-corrected chi connectivity index (χ4v) is 3.42. The Morgan fingerprint density at radius 3 is 3.17 bits per heavy atom. The summed E-state index contributed by atoms with van der Waals surface area (Å²) in [6, 6.07) is 2.11. The van der Waals surface area contributed by atoms with E-state index < -0.39 is 0 Å². The van der Waals surface area contributed by atoms with Crippen LogP contribution in [0.2, 0.25) is 0 Å². The summed E-state index contributed by atoms with van der Waals surface area (Å²) < 4.78 is 0. The van der Waals surface area contributed by atoms with Crippen LogP contribution >= 0.6 is 11.3 Å². The highest BCUT2D eigenvalue weighted by Gasteiger charge is 2.20. The van der Waals surface area contributed by atoms with E-state index >= 15 is 0 Å². The predicted molar refractivity (Wildman–Crippen MR) is 74.1 cm³/mol. The molecular formula is C13H15N3OS. The second kappa shape index (κ2) is 4.24. The average molecular weight is 261 g/mol. The van der Waals surface area contributed by atoms with Crippen molar-refractivity contribution in [1.82, 2.24) is 10.3 Å². The number of nitrogens with zero attached hydrogens (tertiary/aromatic N) is 1. The van der Waals surface area contributed by atoms with Gasteiger partial charge in [-0.3, -0.25) is 4.79 Å². The summed E-state index contributed by atoms with van der Waals surface area (Å²) >= 11 is 1.39. The highest BCUT2D eigenvalue weighted by atomic mass is 32.1. The van der Waals surface area contributed by atoms with Crippen LogP contribution in [-0.4, -0.2) is 17.4 Å². The van der Waals surface area contributed by atoms with Gasteiger partial charge < -0.3 is 11.1 Å². The topological polar surface area (TPSA) is 68.0 Å². The number of nitrogens with two attached hydrogens (primary N) is 1. The molecule has 3 N–H and O–H groups in total. The minimum absolute atomic E-state index is 0.0989. The first kappa shape index (κ1) is 11.5. The minimum atomic E-state index is -0.0989. The summed E-state index contributed by atoms with van der Waals surface area (Å²) in [6.07, 6.45) is 3.28. The number of nitrogen functional groups attached to an aromatic ring is 1. The number of pyridine rings is 1. The smallest absolute Gasteiger partial charge is 0.263 e. The van der Waals surface area contributed by atoms with Gasteiger partial charge in [0.15, 0.2) is 0 Å². The van der Waals surface area contributed by atoms with Crippen molar-refractivity contribution < 1.29 is 4.79 Å². The first-order valence-corrected chi connectivity index (χ1v) is 7.01. The lowest BCUT2D eigenvalue weighted by atomic mass is 10.1. The zero-order chi connectivity index (χ0) is 12.7. The Balaban J connectivity index is 2.14. The predicted octanol–water partition coefficient (Wildman–Crippen LogP) is 2.12. The SMILES string of the molecule is CCNC(=O)c1sc2nc3c(cc2c1N)CCC3. The summed E-state index contributed by atoms with van der Waals surface area (Å²) in [7, 11) is 0. The van der Waals surface area contributed by atoms with E-state index in [0.717, 1.165) is 23.1 Å². The normalized spacial score (nSPS) is 13.8. The third-order valence-electron chi connectivity index (χ3n) is 3.29. The molecular weight excluding hydrogens is 246 g/mol. The molecule has 94 valence electrons. The summed E-state index contributed by atoms with van der Waals surface area (Å²) in [5, 5.41) is 3.72. The standard InChI is InChI=1S/C13H15N3OS/c1-2-15-12(17)11-10(14)8-6-7-4-3-5-9(7)16-13(8)18-11/h6H,2-5,14H2,1H3,(H,15,17). The van der Waals surface area contributed by atoms with Crippen molar-refractivity contribution in [2.45, 2.75) is 26.2 Å². The average Bonchev–Trinajstić information content (AvgIpc) is 2.92. The van der Waals surface area contributed by atoms with E-state index in [4.69, 9.17) is 5.73 Å². The minimum Gasteiger partial charge on any atom is -0.397 e. The molecule has 18 heavy (non-hydrogen) atoms. The first-order valence-electron chi connectivity index (χ1n) is 6.19. The molecule has 3 rings (SSSR count). The molecule has 0 atom stereocenters. The van der Waals surface area contributed by atoms with Crippen molar-refractivity contribution in [3.63, 3.8) is 0 Å². The highest BCUT2D eigenvalue weighted by molar-refractivity contribution is 7.21. The Labute approximate surface area is 109 Å². The zero-order valence-electron chi connectivity index (χ0n) is 10.2. The van der Waals surface area contributed by atoms with Crippen LogP contribution in [0, 0.1) is 0 Å². The summed E-state index contributed by atoms with van der Waals surface area (Å²) in [4.78, 5) is 18.0. The van der Waals surface area contributed by atoms with Crippen molar-refractivity contribution in [2.75, 3.05) is 12.3 Å². The lowest BCUT2D eigenvalue weighted by molar-refractivity contribution is 0.0960. The third-order valence-corrected chi connectivity index (χ3v) is 4.41. The molecule has 0 aliphatic heterocycles. The number of carbonyl (C=O) groups excluding carboxylic acids is 1. The van der Waals surface area contributed by atoms with E-state index in [2.05, 4.69) is 16.4 Å². The van der Waals surface area contributed by atoms with E-state index in [1.165, 1.54) is 29.0 Å². The van der Waals surface area contributed by atoms with Crippen LogP contribution in [0.3, 0.4) is 0 Å². The van der Waals surface area contributed by atoms with Crippen LogP contribution in [0.25, 0.3) is 10.2 Å². The second-order valence-electron chi connectivity index (χ2n) is 4.50. The van der Waals surface area contributed by atoms with Gasteiger partial charge in [-0.2, -0.15) is 0 Å². The van der Waals surface area contributed by atoms with Crippen LogP contribution in [0.5, 0.6) is 0 Å². The molecule has 1 aliphatic carbocycles. The molecule has 0 unspecified atom stereocenters. The quantitative estimate of drug-likeness (QED) is 0.870. The molecule has 1 amide bonds. The Morgan fingerprint density at radius 2 is 2.39 bits per heavy atom. The number of nitrogens with one attached hydrogen (secondary N) is 1. The van der Waals surface area contributed by atoms with Crippen molar-refractivity contribution in [2.24, 2.45) is 0 Å². The number of rotatable bonds is 2. The number of fused-ring (bicyclic) bond motifs is 2. The number of amides is 1. The summed E-state index contributed by atoms with van der Waals surface area (Å²) in [5.74, 6) is -0.0989. The molecule has 1 aliphatic rings. The van der Waals surface area contributed by atoms with Gasteiger partial charge in [-0.15, -0.1) is 11.3 Å². The molecule has 4 nitrogen and oxygen atoms in total. The van der Waals surface area contributed by atoms with Gasteiger partial charge in [0.25, 0.3) is 5.91 Å². The van der Waals surface area contributed by atoms with Crippen molar-refractivity contribution in [1.29, 1.82) is 0 Å². The number of hydrogen-bond donors (Lipinski definition) is 2. The largest absolute Gasteiger partial charge is 0.397 e. The van der Waals surface area contributed by atoms with Crippen LogP contribution in [0.15, 0.2) is 6.07 Å². The molecule has 5 heteroatoms. The van der Waals surface area contributed by atoms with Crippen LogP contribution < -0.4 is 11.1 Å². The van der Waals surface area contributed by atoms with Gasteiger partial charge in [0, 0.05) is 17.6 Å². The monoisotopic (exact) mass is 261 g/mol. The fourth-order valence-electron chi connectivity index (χ4n) is 2.41. The molecule has 0 spiro atoms. The molecule has 0 saturated carbocycles. The van der Waals surface area contributed by atoms with Crippen molar-refractivity contribution in [3.05, 3.63) is 22.2 Å². The van der Waals surface area contributed by atoms with E-state index in [1.807, 2.05) is 6.92 Å². The summed E-state index contributed by atoms with van der Waals surface area (Å²) in [6.45, 7) is 2.50. The van der Waals surface area contributed by atoms with Crippen molar-refractivity contribution >= 4 is 33.1 Å². The zero-order valence-corrected chi connectivity index (χ0v) is 11.1. The third kappa shape index (κ3) is 1.66.